The molecule has 0 fully saturated rings. The maximum atomic E-state index is 11.6. The number of hydrogen-bond donors (Lipinski definition) is 1. The van der Waals surface area contributed by atoms with E-state index in [2.05, 4.69) is 0 Å². The van der Waals surface area contributed by atoms with Crippen molar-refractivity contribution in [3.63, 3.8) is 0 Å². The van der Waals surface area contributed by atoms with E-state index in [4.69, 9.17) is 9.84 Å². The van der Waals surface area contributed by atoms with Gasteiger partial charge in [0, 0.05) is 17.6 Å². The molecule has 0 aromatic heterocycles. The van der Waals surface area contributed by atoms with Crippen molar-refractivity contribution in [3.8, 4) is 5.75 Å². The van der Waals surface area contributed by atoms with Gasteiger partial charge < -0.3 is 9.84 Å². The summed E-state index contributed by atoms with van der Waals surface area (Å²) in [6, 6.07) is 5.30. The number of methoxy groups -OCH3 is 1. The molecule has 0 heterocycles. The zero-order chi connectivity index (χ0) is 10.1. The van der Waals surface area contributed by atoms with Gasteiger partial charge in [-0.05, 0) is 23.8 Å². The van der Waals surface area contributed by atoms with E-state index in [-0.39, 0.29) is 5.78 Å². The molecule has 0 radical (unpaired) electrons. The minimum absolute atomic E-state index is 0.0925. The SMILES string of the molecule is COc1ccc2c(c1)C/C(=C\O)C2=O. The van der Waals surface area contributed by atoms with Crippen molar-refractivity contribution in [1.82, 2.24) is 0 Å². The van der Waals surface area contributed by atoms with E-state index in [1.165, 1.54) is 0 Å². The molecule has 0 atom stereocenters. The lowest BCUT2D eigenvalue weighted by Crippen LogP contribution is -1.94. The minimum Gasteiger partial charge on any atom is -0.515 e. The van der Waals surface area contributed by atoms with Crippen LogP contribution in [0.3, 0.4) is 0 Å². The van der Waals surface area contributed by atoms with Crippen LogP contribution in [0.4, 0.5) is 0 Å². The Hall–Kier alpha value is -1.77. The van der Waals surface area contributed by atoms with Crippen LogP contribution in [0, 0.1) is 0 Å². The van der Waals surface area contributed by atoms with Gasteiger partial charge in [-0.1, -0.05) is 0 Å². The number of allylic oxidation sites excluding steroid dienone is 1. The summed E-state index contributed by atoms with van der Waals surface area (Å²) in [5, 5.41) is 8.82. The molecule has 3 heteroatoms. The highest BCUT2D eigenvalue weighted by Gasteiger charge is 2.24. The zero-order valence-corrected chi connectivity index (χ0v) is 7.78. The second kappa shape index (κ2) is 3.18. The molecule has 1 aromatic rings. The number of benzene rings is 1. The van der Waals surface area contributed by atoms with Crippen LogP contribution >= 0.6 is 0 Å². The molecule has 0 bridgehead atoms. The third-order valence-corrected chi connectivity index (χ3v) is 2.39. The molecule has 0 unspecified atom stereocenters. The van der Waals surface area contributed by atoms with Gasteiger partial charge in [-0.25, -0.2) is 0 Å². The predicted octanol–water partition coefficient (Wildman–Crippen LogP) is 1.88. The van der Waals surface area contributed by atoms with E-state index < -0.39 is 0 Å². The van der Waals surface area contributed by atoms with Gasteiger partial charge in [0.25, 0.3) is 0 Å². The second-order valence-corrected chi connectivity index (χ2v) is 3.18. The maximum Gasteiger partial charge on any atom is 0.192 e. The first-order valence-electron chi connectivity index (χ1n) is 4.31. The van der Waals surface area contributed by atoms with Gasteiger partial charge in [0.2, 0.25) is 0 Å². The quantitative estimate of drug-likeness (QED) is 0.543. The summed E-state index contributed by atoms with van der Waals surface area (Å²) in [6.45, 7) is 0. The fourth-order valence-electron chi connectivity index (χ4n) is 1.63. The number of rotatable bonds is 1. The number of ether oxygens (including phenoxy) is 1. The lowest BCUT2D eigenvalue weighted by molar-refractivity contribution is 0.103. The number of aliphatic hydroxyl groups excluding tert-OH is 1. The third kappa shape index (κ3) is 1.18. The van der Waals surface area contributed by atoms with E-state index in [9.17, 15) is 4.79 Å². The Bertz CT molecular complexity index is 419. The Morgan fingerprint density at radius 2 is 2.29 bits per heavy atom. The Labute approximate surface area is 81.6 Å². The lowest BCUT2D eigenvalue weighted by atomic mass is 10.1. The third-order valence-electron chi connectivity index (χ3n) is 2.39. The van der Waals surface area contributed by atoms with Crippen molar-refractivity contribution < 1.29 is 14.6 Å². The number of ketones is 1. The van der Waals surface area contributed by atoms with Crippen molar-refractivity contribution in [3.05, 3.63) is 41.2 Å². The molecule has 0 saturated heterocycles. The van der Waals surface area contributed by atoms with Gasteiger partial charge >= 0.3 is 0 Å². The van der Waals surface area contributed by atoms with Gasteiger partial charge in [0.1, 0.15) is 5.75 Å². The summed E-state index contributed by atoms with van der Waals surface area (Å²) < 4.78 is 5.05. The molecule has 1 N–H and O–H groups in total. The van der Waals surface area contributed by atoms with Crippen molar-refractivity contribution >= 4 is 5.78 Å². The van der Waals surface area contributed by atoms with Gasteiger partial charge in [0.15, 0.2) is 5.78 Å². The molecule has 1 aliphatic carbocycles. The summed E-state index contributed by atoms with van der Waals surface area (Å²) in [7, 11) is 1.58. The van der Waals surface area contributed by atoms with E-state index >= 15 is 0 Å². The van der Waals surface area contributed by atoms with Crippen LogP contribution in [0.25, 0.3) is 0 Å². The Kier molecular flexibility index (Phi) is 2.00. The highest BCUT2D eigenvalue weighted by molar-refractivity contribution is 6.13. The van der Waals surface area contributed by atoms with Crippen LogP contribution in [0.2, 0.25) is 0 Å². The second-order valence-electron chi connectivity index (χ2n) is 3.18. The van der Waals surface area contributed by atoms with Crippen LogP contribution in [-0.2, 0) is 6.42 Å². The number of fused-ring (bicyclic) bond motifs is 1. The fourth-order valence-corrected chi connectivity index (χ4v) is 1.63. The first kappa shape index (κ1) is 8.81. The predicted molar refractivity (Wildman–Crippen MR) is 51.7 cm³/mol. The van der Waals surface area contributed by atoms with Crippen molar-refractivity contribution in [2.75, 3.05) is 7.11 Å². The molecule has 72 valence electrons. The molecule has 1 aliphatic rings. The normalized spacial score (nSPS) is 17.2. The van der Waals surface area contributed by atoms with Gasteiger partial charge in [-0.15, -0.1) is 0 Å². The van der Waals surface area contributed by atoms with Crippen molar-refractivity contribution in [2.45, 2.75) is 6.42 Å². The minimum atomic E-state index is -0.0925. The van der Waals surface area contributed by atoms with Gasteiger partial charge in [-0.2, -0.15) is 0 Å². The van der Waals surface area contributed by atoms with Crippen molar-refractivity contribution in [2.24, 2.45) is 0 Å². The molecule has 0 saturated carbocycles. The molecule has 1 aromatic carbocycles. The molecule has 2 rings (SSSR count). The summed E-state index contributed by atoms with van der Waals surface area (Å²) in [5.74, 6) is 0.640. The van der Waals surface area contributed by atoms with Crippen LogP contribution in [-0.4, -0.2) is 18.0 Å². The van der Waals surface area contributed by atoms with Crippen LogP contribution in [0.15, 0.2) is 30.0 Å². The van der Waals surface area contributed by atoms with Crippen molar-refractivity contribution in [1.29, 1.82) is 0 Å². The number of carbonyl (C=O) groups is 1. The molecule has 0 aliphatic heterocycles. The highest BCUT2D eigenvalue weighted by atomic mass is 16.5. The standard InChI is InChI=1S/C11H10O3/c1-14-9-2-3-10-7(5-9)4-8(6-12)11(10)13/h2-3,5-6,12H,4H2,1H3/b8-6+. The van der Waals surface area contributed by atoms with Crippen LogP contribution in [0.5, 0.6) is 5.75 Å². The lowest BCUT2D eigenvalue weighted by Gasteiger charge is -2.01. The van der Waals surface area contributed by atoms with E-state index in [1.807, 2.05) is 6.07 Å². The average molecular weight is 190 g/mol. The zero-order valence-electron chi connectivity index (χ0n) is 7.78. The molecular formula is C11H10O3. The van der Waals surface area contributed by atoms with Crippen LogP contribution < -0.4 is 4.74 Å². The summed E-state index contributed by atoms with van der Waals surface area (Å²) in [5.41, 5.74) is 2.01. The molecule has 0 spiro atoms. The van der Waals surface area contributed by atoms with E-state index in [0.29, 0.717) is 17.6 Å². The van der Waals surface area contributed by atoms with Gasteiger partial charge in [-0.3, -0.25) is 4.79 Å². The molecule has 3 nitrogen and oxygen atoms in total. The smallest absolute Gasteiger partial charge is 0.192 e. The van der Waals surface area contributed by atoms with Crippen LogP contribution in [0.1, 0.15) is 15.9 Å². The number of carbonyl (C=O) groups excluding carboxylic acids is 1. The fraction of sp³-hybridized carbons (Fsp3) is 0.182. The molecular weight excluding hydrogens is 180 g/mol. The highest BCUT2D eigenvalue weighted by Crippen LogP contribution is 2.28. The maximum absolute atomic E-state index is 11.6. The topological polar surface area (TPSA) is 46.5 Å². The van der Waals surface area contributed by atoms with E-state index in [1.54, 1.807) is 19.2 Å². The van der Waals surface area contributed by atoms with E-state index in [0.717, 1.165) is 17.6 Å². The number of hydrogen-bond acceptors (Lipinski definition) is 3. The summed E-state index contributed by atoms with van der Waals surface area (Å²) in [6.07, 6.45) is 1.37. The Morgan fingerprint density at radius 3 is 2.93 bits per heavy atom. The molecule has 0 amide bonds. The first-order valence-corrected chi connectivity index (χ1v) is 4.31. The Morgan fingerprint density at radius 1 is 1.50 bits per heavy atom. The monoisotopic (exact) mass is 190 g/mol. The Balaban J connectivity index is 2.49. The van der Waals surface area contributed by atoms with Gasteiger partial charge in [0.05, 0.1) is 13.4 Å². The summed E-state index contributed by atoms with van der Waals surface area (Å²) >= 11 is 0. The summed E-state index contributed by atoms with van der Waals surface area (Å²) in [4.78, 5) is 11.6. The largest absolute Gasteiger partial charge is 0.515 e. The number of aliphatic hydroxyl groups is 1. The number of Topliss-reactive ketones (excluding diaryl/α,β-unsaturated/α-hetero) is 1. The average Bonchev–Trinajstić information content (AvgIpc) is 2.55. The molecule has 14 heavy (non-hydrogen) atoms. The first-order chi connectivity index (χ1) is 6.76.